The Morgan fingerprint density at radius 1 is 1.36 bits per heavy atom. The van der Waals surface area contributed by atoms with E-state index in [2.05, 4.69) is 5.32 Å². The van der Waals surface area contributed by atoms with Crippen molar-refractivity contribution in [2.24, 2.45) is 11.7 Å². The molecule has 7 nitrogen and oxygen atoms in total. The number of hydrogen-bond donors (Lipinski definition) is 3. The molecule has 1 aromatic rings. The van der Waals surface area contributed by atoms with Crippen molar-refractivity contribution in [3.63, 3.8) is 0 Å². The number of halogens is 3. The SMILES string of the molecule is NC(=O)NS(=O)(=O)C[C@@H](Oc1ccc(C(F)(F)F)cc1)[C@@H]1CCNC1. The van der Waals surface area contributed by atoms with Crippen LogP contribution in [-0.2, 0) is 16.2 Å². The number of alkyl halides is 3. The summed E-state index contributed by atoms with van der Waals surface area (Å²) in [6.45, 7) is 1.16. The average Bonchev–Trinajstić information content (AvgIpc) is 2.98. The van der Waals surface area contributed by atoms with Gasteiger partial charge in [-0.2, -0.15) is 13.2 Å². The molecule has 4 N–H and O–H groups in total. The number of carbonyl (C=O) groups excluding carboxylic acids is 1. The molecule has 2 atom stereocenters. The largest absolute Gasteiger partial charge is 0.489 e. The summed E-state index contributed by atoms with van der Waals surface area (Å²) in [6, 6.07) is 2.77. The maximum Gasteiger partial charge on any atom is 0.416 e. The Morgan fingerprint density at radius 3 is 2.48 bits per heavy atom. The Labute approximate surface area is 142 Å². The van der Waals surface area contributed by atoms with Crippen LogP contribution in [0.5, 0.6) is 5.75 Å². The van der Waals surface area contributed by atoms with Crippen LogP contribution in [0, 0.1) is 5.92 Å². The second kappa shape index (κ2) is 7.48. The molecule has 0 saturated carbocycles. The Bertz CT molecular complexity index is 701. The van der Waals surface area contributed by atoms with Gasteiger partial charge in [0.05, 0.1) is 5.56 Å². The zero-order valence-electron chi connectivity index (χ0n) is 13.0. The van der Waals surface area contributed by atoms with Gasteiger partial charge in [0.2, 0.25) is 10.0 Å². The van der Waals surface area contributed by atoms with E-state index in [-0.39, 0.29) is 11.7 Å². The summed E-state index contributed by atoms with van der Waals surface area (Å²) in [4.78, 5) is 10.8. The number of carbonyl (C=O) groups is 1. The molecular formula is C14H18F3N3O4S. The van der Waals surface area contributed by atoms with E-state index in [1.54, 1.807) is 4.72 Å². The minimum Gasteiger partial charge on any atom is -0.489 e. The molecule has 1 heterocycles. The molecule has 140 valence electrons. The highest BCUT2D eigenvalue weighted by atomic mass is 32.2. The van der Waals surface area contributed by atoms with Crippen molar-refractivity contribution < 1.29 is 31.1 Å². The van der Waals surface area contributed by atoms with Crippen LogP contribution in [0.1, 0.15) is 12.0 Å². The first kappa shape index (κ1) is 19.3. The first-order valence-corrected chi connectivity index (χ1v) is 9.06. The molecule has 1 aliphatic heterocycles. The zero-order valence-corrected chi connectivity index (χ0v) is 13.9. The standard InChI is InChI=1S/C14H18F3N3O4S/c15-14(16,17)10-1-3-11(4-2-10)24-12(9-5-6-19-7-9)8-25(22,23)20-13(18)21/h1-4,9,12,19H,5-8H2,(H3,18,20,21)/t9-,12-/m1/s1. The summed E-state index contributed by atoms with van der Waals surface area (Å²) < 4.78 is 68.9. The number of nitrogens with one attached hydrogen (secondary N) is 2. The number of urea groups is 1. The van der Waals surface area contributed by atoms with E-state index < -0.39 is 39.7 Å². The van der Waals surface area contributed by atoms with Gasteiger partial charge < -0.3 is 15.8 Å². The van der Waals surface area contributed by atoms with Crippen LogP contribution in [0.2, 0.25) is 0 Å². The maximum atomic E-state index is 12.6. The van der Waals surface area contributed by atoms with Crippen molar-refractivity contribution in [3.8, 4) is 5.75 Å². The first-order chi connectivity index (χ1) is 11.6. The molecule has 0 radical (unpaired) electrons. The lowest BCUT2D eigenvalue weighted by molar-refractivity contribution is -0.137. The van der Waals surface area contributed by atoms with Crippen molar-refractivity contribution in [3.05, 3.63) is 29.8 Å². The number of sulfonamides is 1. The van der Waals surface area contributed by atoms with Gasteiger partial charge in [0.15, 0.2) is 0 Å². The third-order valence-electron chi connectivity index (χ3n) is 3.73. The highest BCUT2D eigenvalue weighted by Crippen LogP contribution is 2.31. The number of primary amides is 1. The Kier molecular flexibility index (Phi) is 5.78. The van der Waals surface area contributed by atoms with Crippen molar-refractivity contribution in [1.29, 1.82) is 0 Å². The summed E-state index contributed by atoms with van der Waals surface area (Å²) in [6.07, 6.45) is -4.68. The van der Waals surface area contributed by atoms with Crippen molar-refractivity contribution in [1.82, 2.24) is 10.0 Å². The van der Waals surface area contributed by atoms with Gasteiger partial charge in [-0.05, 0) is 37.2 Å². The van der Waals surface area contributed by atoms with Crippen LogP contribution in [0.4, 0.5) is 18.0 Å². The summed E-state index contributed by atoms with van der Waals surface area (Å²) in [5, 5.41) is 3.06. The predicted molar refractivity (Wildman–Crippen MR) is 83.3 cm³/mol. The quantitative estimate of drug-likeness (QED) is 0.683. The van der Waals surface area contributed by atoms with Gasteiger partial charge in [0.1, 0.15) is 17.6 Å². The summed E-state index contributed by atoms with van der Waals surface area (Å²) in [7, 11) is -4.03. The number of ether oxygens (including phenoxy) is 1. The molecule has 0 bridgehead atoms. The average molecular weight is 381 g/mol. The van der Waals surface area contributed by atoms with Crippen LogP contribution >= 0.6 is 0 Å². The van der Waals surface area contributed by atoms with Gasteiger partial charge in [-0.15, -0.1) is 0 Å². The Morgan fingerprint density at radius 2 is 2.00 bits per heavy atom. The summed E-state index contributed by atoms with van der Waals surface area (Å²) in [5.74, 6) is -0.602. The molecule has 0 spiro atoms. The number of benzene rings is 1. The second-order valence-corrected chi connectivity index (χ2v) is 7.45. The first-order valence-electron chi connectivity index (χ1n) is 7.41. The molecule has 0 aromatic heterocycles. The van der Waals surface area contributed by atoms with Crippen LogP contribution in [0.15, 0.2) is 24.3 Å². The molecule has 1 aliphatic rings. The monoisotopic (exact) mass is 381 g/mol. The van der Waals surface area contributed by atoms with Crippen molar-refractivity contribution in [2.75, 3.05) is 18.8 Å². The van der Waals surface area contributed by atoms with Gasteiger partial charge in [0.25, 0.3) is 0 Å². The molecule has 2 amide bonds. The van der Waals surface area contributed by atoms with Gasteiger partial charge in [-0.1, -0.05) is 0 Å². The maximum absolute atomic E-state index is 12.6. The minimum atomic E-state index is -4.47. The highest BCUT2D eigenvalue weighted by Gasteiger charge is 2.33. The zero-order chi connectivity index (χ0) is 18.7. The third-order valence-corrected chi connectivity index (χ3v) is 5.01. The lowest BCUT2D eigenvalue weighted by Gasteiger charge is -2.24. The molecule has 1 fully saturated rings. The van der Waals surface area contributed by atoms with Crippen LogP contribution in [0.3, 0.4) is 0 Å². The fraction of sp³-hybridized carbons (Fsp3) is 0.500. The van der Waals surface area contributed by atoms with Gasteiger partial charge in [-0.3, -0.25) is 0 Å². The Hall–Kier alpha value is -2.01. The molecule has 1 aromatic carbocycles. The van der Waals surface area contributed by atoms with Crippen molar-refractivity contribution in [2.45, 2.75) is 18.7 Å². The van der Waals surface area contributed by atoms with Crippen molar-refractivity contribution >= 4 is 16.1 Å². The molecule has 0 unspecified atom stereocenters. The molecule has 1 saturated heterocycles. The van der Waals surface area contributed by atoms with Gasteiger partial charge in [0, 0.05) is 12.5 Å². The predicted octanol–water partition coefficient (Wildman–Crippen LogP) is 1.06. The summed E-state index contributed by atoms with van der Waals surface area (Å²) in [5.41, 5.74) is 4.00. The van der Waals surface area contributed by atoms with E-state index in [1.807, 2.05) is 0 Å². The normalized spacial score (nSPS) is 19.4. The second-order valence-electron chi connectivity index (χ2n) is 5.68. The van der Waals surface area contributed by atoms with E-state index in [4.69, 9.17) is 10.5 Å². The summed E-state index contributed by atoms with van der Waals surface area (Å²) >= 11 is 0. The molecule has 2 rings (SSSR count). The molecule has 0 aliphatic carbocycles. The minimum absolute atomic E-state index is 0.110. The number of amides is 2. The van der Waals surface area contributed by atoms with E-state index in [1.165, 1.54) is 0 Å². The lowest BCUT2D eigenvalue weighted by Crippen LogP contribution is -2.43. The fourth-order valence-corrected chi connectivity index (χ4v) is 3.73. The number of rotatable bonds is 6. The van der Waals surface area contributed by atoms with E-state index >= 15 is 0 Å². The third kappa shape index (κ3) is 5.78. The van der Waals surface area contributed by atoms with E-state index in [0.29, 0.717) is 19.5 Å². The number of hydrogen-bond acceptors (Lipinski definition) is 5. The van der Waals surface area contributed by atoms with Gasteiger partial charge >= 0.3 is 12.2 Å². The van der Waals surface area contributed by atoms with Crippen LogP contribution in [0.25, 0.3) is 0 Å². The van der Waals surface area contributed by atoms with Crippen LogP contribution in [-0.4, -0.2) is 39.4 Å². The Balaban J connectivity index is 2.14. The van der Waals surface area contributed by atoms with E-state index in [0.717, 1.165) is 24.3 Å². The topological polar surface area (TPSA) is 111 Å². The lowest BCUT2D eigenvalue weighted by atomic mass is 10.0. The molecule has 25 heavy (non-hydrogen) atoms. The van der Waals surface area contributed by atoms with Crippen LogP contribution < -0.4 is 20.5 Å². The molecular weight excluding hydrogens is 363 g/mol. The smallest absolute Gasteiger partial charge is 0.416 e. The van der Waals surface area contributed by atoms with Gasteiger partial charge in [-0.25, -0.2) is 17.9 Å². The molecule has 11 heteroatoms. The highest BCUT2D eigenvalue weighted by molar-refractivity contribution is 7.90. The van der Waals surface area contributed by atoms with E-state index in [9.17, 15) is 26.4 Å². The number of nitrogens with two attached hydrogens (primary N) is 1. The fourth-order valence-electron chi connectivity index (χ4n) is 2.57.